The molecule has 3 rings (SSSR count). The molecule has 18 heavy (non-hydrogen) atoms. The zero-order chi connectivity index (χ0) is 12.5. The molecule has 1 aromatic heterocycles. The summed E-state index contributed by atoms with van der Waals surface area (Å²) in [5, 5.41) is 0.807. The molecule has 3 aromatic rings. The summed E-state index contributed by atoms with van der Waals surface area (Å²) in [6.45, 7) is 2.12. The van der Waals surface area contributed by atoms with Crippen LogP contribution < -0.4 is 5.56 Å². The van der Waals surface area contributed by atoms with E-state index in [9.17, 15) is 4.79 Å². The van der Waals surface area contributed by atoms with Crippen LogP contribution in [0.5, 0.6) is 0 Å². The molecule has 0 fully saturated rings. The number of benzene rings is 2. The smallest absolute Gasteiger partial charge is 0.267 e. The van der Waals surface area contributed by atoms with Crippen molar-refractivity contribution in [3.8, 4) is 5.69 Å². The van der Waals surface area contributed by atoms with Crippen molar-refractivity contribution in [1.82, 2.24) is 3.96 Å². The van der Waals surface area contributed by atoms with Gasteiger partial charge in [-0.3, -0.25) is 4.79 Å². The van der Waals surface area contributed by atoms with Gasteiger partial charge in [0.2, 0.25) is 0 Å². The molecule has 0 atom stereocenters. The Morgan fingerprint density at radius 2 is 1.89 bits per heavy atom. The first-order chi connectivity index (χ1) is 8.79. The SMILES string of the molecule is CCc1ccc2c(=O)n(-c3ccccc3)sc2c1. The maximum atomic E-state index is 12.3. The van der Waals surface area contributed by atoms with Gasteiger partial charge in [-0.15, -0.1) is 0 Å². The topological polar surface area (TPSA) is 22.0 Å². The number of nitrogens with zero attached hydrogens (tertiary/aromatic N) is 1. The molecule has 0 aliphatic heterocycles. The standard InChI is InChI=1S/C15H13NOS/c1-2-11-8-9-13-14(10-11)18-16(15(13)17)12-6-4-3-5-7-12/h3-10H,2H2,1H3. The maximum Gasteiger partial charge on any atom is 0.273 e. The van der Waals surface area contributed by atoms with E-state index in [1.807, 2.05) is 42.5 Å². The van der Waals surface area contributed by atoms with Gasteiger partial charge in [-0.05, 0) is 36.2 Å². The van der Waals surface area contributed by atoms with Crippen LogP contribution in [0.3, 0.4) is 0 Å². The van der Waals surface area contributed by atoms with Crippen molar-refractivity contribution in [3.63, 3.8) is 0 Å². The molecular weight excluding hydrogens is 242 g/mol. The van der Waals surface area contributed by atoms with E-state index in [4.69, 9.17) is 0 Å². The molecule has 0 N–H and O–H groups in total. The summed E-state index contributed by atoms with van der Waals surface area (Å²) in [7, 11) is 0. The van der Waals surface area contributed by atoms with Gasteiger partial charge in [0.15, 0.2) is 0 Å². The van der Waals surface area contributed by atoms with E-state index in [0.717, 1.165) is 22.2 Å². The quantitative estimate of drug-likeness (QED) is 0.685. The Morgan fingerprint density at radius 3 is 2.61 bits per heavy atom. The zero-order valence-corrected chi connectivity index (χ0v) is 10.9. The highest BCUT2D eigenvalue weighted by Gasteiger charge is 2.08. The van der Waals surface area contributed by atoms with Gasteiger partial charge in [0, 0.05) is 0 Å². The molecule has 0 radical (unpaired) electrons. The summed E-state index contributed by atoms with van der Waals surface area (Å²) in [5.41, 5.74) is 2.27. The van der Waals surface area contributed by atoms with Crippen molar-refractivity contribution in [2.75, 3.05) is 0 Å². The van der Waals surface area contributed by atoms with Crippen molar-refractivity contribution >= 4 is 21.6 Å². The van der Waals surface area contributed by atoms with Crippen LogP contribution in [0.25, 0.3) is 15.8 Å². The Labute approximate surface area is 109 Å². The predicted molar refractivity (Wildman–Crippen MR) is 76.8 cm³/mol. The third-order valence-electron chi connectivity index (χ3n) is 3.05. The average Bonchev–Trinajstić information content (AvgIpc) is 2.76. The first kappa shape index (κ1) is 11.2. The minimum Gasteiger partial charge on any atom is -0.267 e. The third kappa shape index (κ3) is 1.77. The zero-order valence-electron chi connectivity index (χ0n) is 10.1. The fourth-order valence-corrected chi connectivity index (χ4v) is 3.08. The molecule has 3 heteroatoms. The molecule has 0 saturated carbocycles. The highest BCUT2D eigenvalue weighted by molar-refractivity contribution is 7.14. The van der Waals surface area contributed by atoms with Gasteiger partial charge in [0.05, 0.1) is 15.8 Å². The monoisotopic (exact) mass is 255 g/mol. The van der Waals surface area contributed by atoms with Gasteiger partial charge in [0.1, 0.15) is 0 Å². The summed E-state index contributed by atoms with van der Waals surface area (Å²) in [4.78, 5) is 12.3. The summed E-state index contributed by atoms with van der Waals surface area (Å²) >= 11 is 1.51. The van der Waals surface area contributed by atoms with Crippen LogP contribution >= 0.6 is 11.5 Å². The highest BCUT2D eigenvalue weighted by atomic mass is 32.1. The number of hydrogen-bond acceptors (Lipinski definition) is 2. The molecule has 0 saturated heterocycles. The number of rotatable bonds is 2. The van der Waals surface area contributed by atoms with E-state index in [2.05, 4.69) is 13.0 Å². The molecule has 2 aromatic carbocycles. The maximum absolute atomic E-state index is 12.3. The Bertz CT molecular complexity index is 740. The van der Waals surface area contributed by atoms with Crippen molar-refractivity contribution in [1.29, 1.82) is 0 Å². The first-order valence-corrected chi connectivity index (χ1v) is 6.77. The van der Waals surface area contributed by atoms with Gasteiger partial charge in [-0.25, -0.2) is 3.96 Å². The Morgan fingerprint density at radius 1 is 1.11 bits per heavy atom. The minimum absolute atomic E-state index is 0.0730. The normalized spacial score (nSPS) is 10.9. The van der Waals surface area contributed by atoms with Gasteiger partial charge in [0.25, 0.3) is 5.56 Å². The number of fused-ring (bicyclic) bond motifs is 1. The average molecular weight is 255 g/mol. The van der Waals surface area contributed by atoms with Crippen molar-refractivity contribution in [3.05, 3.63) is 64.4 Å². The number of aryl methyl sites for hydroxylation is 1. The van der Waals surface area contributed by atoms with E-state index in [-0.39, 0.29) is 5.56 Å². The predicted octanol–water partition coefficient (Wildman–Crippen LogP) is 3.61. The fraction of sp³-hybridized carbons (Fsp3) is 0.133. The molecule has 0 unspecified atom stereocenters. The second-order valence-corrected chi connectivity index (χ2v) is 5.20. The third-order valence-corrected chi connectivity index (χ3v) is 4.14. The Hall–Kier alpha value is -1.87. The molecule has 0 bridgehead atoms. The van der Waals surface area contributed by atoms with Gasteiger partial charge in [-0.2, -0.15) is 0 Å². The first-order valence-electron chi connectivity index (χ1n) is 6.00. The Kier molecular flexibility index (Phi) is 2.76. The van der Waals surface area contributed by atoms with Crippen molar-refractivity contribution in [2.45, 2.75) is 13.3 Å². The summed E-state index contributed by atoms with van der Waals surface area (Å²) in [5.74, 6) is 0. The van der Waals surface area contributed by atoms with Gasteiger partial charge < -0.3 is 0 Å². The van der Waals surface area contributed by atoms with E-state index in [1.54, 1.807) is 3.96 Å². The molecule has 90 valence electrons. The number of aromatic nitrogens is 1. The number of para-hydroxylation sites is 1. The summed E-state index contributed by atoms with van der Waals surface area (Å²) in [6, 6.07) is 15.8. The highest BCUT2D eigenvalue weighted by Crippen LogP contribution is 2.21. The van der Waals surface area contributed by atoms with Crippen molar-refractivity contribution in [2.24, 2.45) is 0 Å². The van der Waals surface area contributed by atoms with Crippen LogP contribution in [-0.2, 0) is 6.42 Å². The second-order valence-electron chi connectivity index (χ2n) is 4.21. The van der Waals surface area contributed by atoms with Crippen LogP contribution in [0.1, 0.15) is 12.5 Å². The van der Waals surface area contributed by atoms with Crippen molar-refractivity contribution < 1.29 is 0 Å². The molecule has 1 heterocycles. The summed E-state index contributed by atoms with van der Waals surface area (Å²) < 4.78 is 2.81. The summed E-state index contributed by atoms with van der Waals surface area (Å²) in [6.07, 6.45) is 0.993. The van der Waals surface area contributed by atoms with E-state index >= 15 is 0 Å². The van der Waals surface area contributed by atoms with E-state index in [1.165, 1.54) is 17.1 Å². The van der Waals surface area contributed by atoms with Crippen LogP contribution in [0.4, 0.5) is 0 Å². The van der Waals surface area contributed by atoms with E-state index < -0.39 is 0 Å². The van der Waals surface area contributed by atoms with E-state index in [0.29, 0.717) is 0 Å². The van der Waals surface area contributed by atoms with Crippen LogP contribution in [0.15, 0.2) is 53.3 Å². The van der Waals surface area contributed by atoms with Crippen LogP contribution in [0.2, 0.25) is 0 Å². The van der Waals surface area contributed by atoms with Gasteiger partial charge >= 0.3 is 0 Å². The van der Waals surface area contributed by atoms with Crippen LogP contribution in [0, 0.1) is 0 Å². The lowest BCUT2D eigenvalue weighted by atomic mass is 10.1. The van der Waals surface area contributed by atoms with Crippen LogP contribution in [-0.4, -0.2) is 3.96 Å². The Balaban J connectivity index is 2.26. The molecule has 2 nitrogen and oxygen atoms in total. The fourth-order valence-electron chi connectivity index (χ4n) is 2.02. The lowest BCUT2D eigenvalue weighted by molar-refractivity contribution is 1.14. The second kappa shape index (κ2) is 4.42. The molecule has 0 amide bonds. The largest absolute Gasteiger partial charge is 0.273 e. The van der Waals surface area contributed by atoms with Gasteiger partial charge in [-0.1, -0.05) is 42.7 Å². The molecular formula is C15H13NOS. The minimum atomic E-state index is 0.0730. The lowest BCUT2D eigenvalue weighted by Crippen LogP contribution is -2.10. The molecule has 0 aliphatic carbocycles. The molecule has 0 spiro atoms. The lowest BCUT2D eigenvalue weighted by Gasteiger charge is -1.97. The number of hydrogen-bond donors (Lipinski definition) is 0. The molecule has 0 aliphatic rings.